The summed E-state index contributed by atoms with van der Waals surface area (Å²) in [5.74, 6) is 1.15. The van der Waals surface area contributed by atoms with Gasteiger partial charge in [-0.15, -0.1) is 0 Å². The van der Waals surface area contributed by atoms with Crippen LogP contribution in [0.1, 0.15) is 59.3 Å². The monoisotopic (exact) mass is 202 g/mol. The van der Waals surface area contributed by atoms with E-state index in [9.17, 15) is 0 Å². The van der Waals surface area contributed by atoms with Crippen molar-refractivity contribution < 1.29 is 0 Å². The van der Waals surface area contributed by atoms with Crippen molar-refractivity contribution in [3.05, 3.63) is 0 Å². The summed E-state index contributed by atoms with van der Waals surface area (Å²) in [6.07, 6.45) is 9.58. The Morgan fingerprint density at radius 3 is 2.07 bits per heavy atom. The Bertz CT molecular complexity index is 408. The second-order valence-corrected chi connectivity index (χ2v) is 8.30. The third kappa shape index (κ3) is 0.508. The summed E-state index contributed by atoms with van der Waals surface area (Å²) in [5, 5.41) is 0. The topological polar surface area (TPSA) is 0 Å². The zero-order valence-electron chi connectivity index (χ0n) is 10.3. The average Bonchev–Trinajstić information content (AvgIpc) is 2.94. The highest BCUT2D eigenvalue weighted by molar-refractivity contribution is 5.53. The lowest BCUT2D eigenvalue weighted by atomic mass is 10.0. The molecule has 5 saturated carbocycles. The van der Waals surface area contributed by atoms with Crippen LogP contribution in [0.2, 0.25) is 0 Å². The predicted octanol–water partition coefficient (Wildman–Crippen LogP) is 4.00. The first-order valence-electron chi connectivity index (χ1n) is 6.99. The molecule has 5 aliphatic rings. The molecule has 0 saturated heterocycles. The van der Waals surface area contributed by atoms with Gasteiger partial charge in [0.05, 0.1) is 0 Å². The maximum absolute atomic E-state index is 2.52. The number of fused-ring (bicyclic) bond motifs is 3. The predicted molar refractivity (Wildman–Crippen MR) is 60.4 cm³/mol. The molecule has 0 amide bonds. The van der Waals surface area contributed by atoms with Crippen molar-refractivity contribution in [1.29, 1.82) is 0 Å². The Balaban J connectivity index is 1.47. The Labute approximate surface area is 92.8 Å². The molecule has 82 valence electrons. The number of hydrogen-bond donors (Lipinski definition) is 0. The van der Waals surface area contributed by atoms with Gasteiger partial charge in [0.1, 0.15) is 0 Å². The fourth-order valence-electron chi connectivity index (χ4n) is 6.73. The summed E-state index contributed by atoms with van der Waals surface area (Å²) in [4.78, 5) is 0. The van der Waals surface area contributed by atoms with Gasteiger partial charge in [-0.1, -0.05) is 27.2 Å². The minimum atomic E-state index is 0.733. The molecule has 0 aromatic heterocycles. The molecule has 0 aromatic rings. The largest absolute Gasteiger partial charge is 0.0651 e. The average molecular weight is 202 g/mol. The van der Waals surface area contributed by atoms with Crippen LogP contribution in [-0.2, 0) is 0 Å². The summed E-state index contributed by atoms with van der Waals surface area (Å²) >= 11 is 0. The fraction of sp³-hybridized carbons (Fsp3) is 1.00. The summed E-state index contributed by atoms with van der Waals surface area (Å²) in [6.45, 7) is 7.45. The van der Waals surface area contributed by atoms with E-state index in [0.29, 0.717) is 0 Å². The van der Waals surface area contributed by atoms with Crippen molar-refractivity contribution in [1.82, 2.24) is 0 Å². The number of hydrogen-bond acceptors (Lipinski definition) is 0. The molecule has 0 heteroatoms. The molecule has 5 atom stereocenters. The summed E-state index contributed by atoms with van der Waals surface area (Å²) in [6, 6.07) is 0. The maximum atomic E-state index is 2.52. The first-order valence-corrected chi connectivity index (χ1v) is 6.99. The molecule has 0 nitrogen and oxygen atoms in total. The zero-order chi connectivity index (χ0) is 10.3. The van der Waals surface area contributed by atoms with Crippen LogP contribution in [0.4, 0.5) is 0 Å². The van der Waals surface area contributed by atoms with Crippen LogP contribution < -0.4 is 0 Å². The summed E-state index contributed by atoms with van der Waals surface area (Å²) in [5.41, 5.74) is 4.41. The zero-order valence-corrected chi connectivity index (χ0v) is 10.3. The lowest BCUT2D eigenvalue weighted by Gasteiger charge is -2.00. The van der Waals surface area contributed by atoms with Crippen molar-refractivity contribution in [2.24, 2.45) is 33.0 Å². The van der Waals surface area contributed by atoms with E-state index in [1.807, 2.05) is 0 Å². The first-order chi connectivity index (χ1) is 6.99. The smallest absolute Gasteiger partial charge is 0.0162 e. The van der Waals surface area contributed by atoms with Gasteiger partial charge in [0.2, 0.25) is 0 Å². The molecule has 0 heterocycles. The highest BCUT2D eigenvalue weighted by Gasteiger charge is 3.05. The van der Waals surface area contributed by atoms with Crippen molar-refractivity contribution in [2.75, 3.05) is 0 Å². The maximum Gasteiger partial charge on any atom is -0.0162 e. The SMILES string of the molecule is CCC1CC12CC21CC12CC21CC1(C)C. The van der Waals surface area contributed by atoms with Crippen LogP contribution in [0.15, 0.2) is 0 Å². The molecule has 0 aliphatic heterocycles. The quantitative estimate of drug-likeness (QED) is 0.603. The van der Waals surface area contributed by atoms with E-state index in [2.05, 4.69) is 20.8 Å². The van der Waals surface area contributed by atoms with E-state index in [1.165, 1.54) is 6.42 Å². The summed E-state index contributed by atoms with van der Waals surface area (Å²) in [7, 11) is 0. The van der Waals surface area contributed by atoms with Crippen LogP contribution in [-0.4, -0.2) is 0 Å². The molecule has 5 aliphatic carbocycles. The molecule has 5 rings (SSSR count). The minimum Gasteiger partial charge on any atom is -0.0651 e. The van der Waals surface area contributed by atoms with Crippen LogP contribution in [0.3, 0.4) is 0 Å². The van der Waals surface area contributed by atoms with E-state index in [0.717, 1.165) is 33.0 Å². The highest BCUT2D eigenvalue weighted by atomic mass is 15.1. The van der Waals surface area contributed by atoms with Crippen LogP contribution in [0, 0.1) is 33.0 Å². The standard InChI is InChI=1S/C15H22/c1-4-10-5-12(10)7-14(12)9-15(14)8-13(15)6-11(13,2)3/h10H,4-9H2,1-3H3. The van der Waals surface area contributed by atoms with Crippen LogP contribution in [0.25, 0.3) is 0 Å². The van der Waals surface area contributed by atoms with Crippen molar-refractivity contribution >= 4 is 0 Å². The Morgan fingerprint density at radius 1 is 0.933 bits per heavy atom. The molecule has 0 aromatic carbocycles. The van der Waals surface area contributed by atoms with E-state index in [1.54, 1.807) is 32.1 Å². The lowest BCUT2D eigenvalue weighted by Crippen LogP contribution is -1.96. The van der Waals surface area contributed by atoms with Gasteiger partial charge in [0, 0.05) is 0 Å². The molecule has 0 radical (unpaired) electrons. The van der Waals surface area contributed by atoms with Crippen molar-refractivity contribution in [3.63, 3.8) is 0 Å². The molecule has 4 spiro atoms. The number of rotatable bonds is 1. The third-order valence-corrected chi connectivity index (χ3v) is 7.87. The first kappa shape index (κ1) is 8.14. The van der Waals surface area contributed by atoms with Crippen molar-refractivity contribution in [3.8, 4) is 0 Å². The van der Waals surface area contributed by atoms with E-state index in [4.69, 9.17) is 0 Å². The van der Waals surface area contributed by atoms with E-state index < -0.39 is 0 Å². The van der Waals surface area contributed by atoms with Gasteiger partial charge in [-0.3, -0.25) is 0 Å². The van der Waals surface area contributed by atoms with Gasteiger partial charge in [0.15, 0.2) is 0 Å². The van der Waals surface area contributed by atoms with Gasteiger partial charge in [-0.2, -0.15) is 0 Å². The van der Waals surface area contributed by atoms with Gasteiger partial charge >= 0.3 is 0 Å². The Morgan fingerprint density at radius 2 is 1.60 bits per heavy atom. The Kier molecular flexibility index (Phi) is 0.845. The van der Waals surface area contributed by atoms with Crippen LogP contribution >= 0.6 is 0 Å². The molecule has 5 fully saturated rings. The molecule has 5 unspecified atom stereocenters. The lowest BCUT2D eigenvalue weighted by molar-refractivity contribution is 0.465. The second-order valence-electron chi connectivity index (χ2n) is 8.30. The molecular weight excluding hydrogens is 180 g/mol. The van der Waals surface area contributed by atoms with Crippen molar-refractivity contribution in [2.45, 2.75) is 59.3 Å². The van der Waals surface area contributed by atoms with Gasteiger partial charge < -0.3 is 0 Å². The molecule has 0 N–H and O–H groups in total. The van der Waals surface area contributed by atoms with E-state index >= 15 is 0 Å². The van der Waals surface area contributed by atoms with Gasteiger partial charge in [-0.25, -0.2) is 0 Å². The van der Waals surface area contributed by atoms with Gasteiger partial charge in [0.25, 0.3) is 0 Å². The minimum absolute atomic E-state index is 0.733. The third-order valence-electron chi connectivity index (χ3n) is 7.87. The van der Waals surface area contributed by atoms with Crippen LogP contribution in [0.5, 0.6) is 0 Å². The molecule has 15 heavy (non-hydrogen) atoms. The molecule has 0 bridgehead atoms. The van der Waals surface area contributed by atoms with Gasteiger partial charge in [-0.05, 0) is 65.1 Å². The molecular formula is C15H22. The second kappa shape index (κ2) is 1.56. The summed E-state index contributed by atoms with van der Waals surface area (Å²) < 4.78 is 0. The normalized spacial score (nSPS) is 74.2. The fourth-order valence-corrected chi connectivity index (χ4v) is 6.73. The highest BCUT2D eigenvalue weighted by Crippen LogP contribution is 3.12. The van der Waals surface area contributed by atoms with E-state index in [-0.39, 0.29) is 0 Å². The Hall–Kier alpha value is 0.